The summed E-state index contributed by atoms with van der Waals surface area (Å²) in [6.45, 7) is 4.92. The van der Waals surface area contributed by atoms with E-state index in [9.17, 15) is 0 Å². The Morgan fingerprint density at radius 1 is 1.00 bits per heavy atom. The van der Waals surface area contributed by atoms with Crippen LogP contribution in [0.15, 0.2) is 29.8 Å². The Labute approximate surface area is 115 Å². The van der Waals surface area contributed by atoms with Gasteiger partial charge in [-0.05, 0) is 43.4 Å². The number of hydrogen-bond acceptors (Lipinski definition) is 2. The zero-order chi connectivity index (χ0) is 13.3. The third kappa shape index (κ3) is 2.63. The van der Waals surface area contributed by atoms with Gasteiger partial charge in [0, 0.05) is 5.41 Å². The molecule has 102 valence electrons. The number of ether oxygens (including phenoxy) is 2. The van der Waals surface area contributed by atoms with Crippen molar-refractivity contribution in [2.75, 3.05) is 6.79 Å². The molecule has 1 heterocycles. The van der Waals surface area contributed by atoms with E-state index < -0.39 is 0 Å². The van der Waals surface area contributed by atoms with Gasteiger partial charge in [-0.1, -0.05) is 38.0 Å². The molecule has 1 aromatic rings. The van der Waals surface area contributed by atoms with Gasteiger partial charge in [0.1, 0.15) is 0 Å². The number of allylic oxidation sites excluding steroid dienone is 2. The molecule has 1 saturated carbocycles. The molecule has 2 heteroatoms. The molecule has 0 amide bonds. The zero-order valence-corrected chi connectivity index (χ0v) is 11.9. The quantitative estimate of drug-likeness (QED) is 0.723. The van der Waals surface area contributed by atoms with Gasteiger partial charge in [-0.25, -0.2) is 0 Å². The lowest BCUT2D eigenvalue weighted by atomic mass is 9.80. The summed E-state index contributed by atoms with van der Waals surface area (Å²) in [7, 11) is 0. The Balaban J connectivity index is 1.86. The van der Waals surface area contributed by atoms with E-state index >= 15 is 0 Å². The normalized spacial score (nSPS) is 18.5. The van der Waals surface area contributed by atoms with Crippen molar-refractivity contribution in [3.05, 3.63) is 35.4 Å². The fourth-order valence-corrected chi connectivity index (χ4v) is 3.04. The summed E-state index contributed by atoms with van der Waals surface area (Å²) in [5.41, 5.74) is 2.98. The SMILES string of the molecule is CC(C)(C=C1CCCCC1)c1ccc2c(c1)OCO2. The Bertz CT molecular complexity index is 492. The minimum absolute atomic E-state index is 0.0631. The molecular weight excluding hydrogens is 236 g/mol. The number of rotatable bonds is 2. The summed E-state index contributed by atoms with van der Waals surface area (Å²) in [6, 6.07) is 6.31. The fraction of sp³-hybridized carbons (Fsp3) is 0.529. The van der Waals surface area contributed by atoms with Crippen LogP contribution < -0.4 is 9.47 Å². The van der Waals surface area contributed by atoms with Crippen LogP contribution in [0.1, 0.15) is 51.5 Å². The third-order valence-corrected chi connectivity index (χ3v) is 4.18. The van der Waals surface area contributed by atoms with Crippen molar-refractivity contribution >= 4 is 0 Å². The summed E-state index contributed by atoms with van der Waals surface area (Å²) in [6.07, 6.45) is 9.10. The molecule has 0 unspecified atom stereocenters. The first kappa shape index (κ1) is 12.6. The smallest absolute Gasteiger partial charge is 0.231 e. The van der Waals surface area contributed by atoms with E-state index in [4.69, 9.17) is 9.47 Å². The van der Waals surface area contributed by atoms with Gasteiger partial charge in [0.15, 0.2) is 11.5 Å². The van der Waals surface area contributed by atoms with E-state index in [-0.39, 0.29) is 5.41 Å². The highest BCUT2D eigenvalue weighted by molar-refractivity contribution is 5.47. The van der Waals surface area contributed by atoms with Crippen molar-refractivity contribution in [2.45, 2.75) is 51.4 Å². The predicted molar refractivity (Wildman–Crippen MR) is 76.8 cm³/mol. The van der Waals surface area contributed by atoms with Crippen molar-refractivity contribution in [3.63, 3.8) is 0 Å². The Morgan fingerprint density at radius 3 is 2.53 bits per heavy atom. The zero-order valence-electron chi connectivity index (χ0n) is 11.9. The van der Waals surface area contributed by atoms with Crippen LogP contribution in [0, 0.1) is 0 Å². The molecule has 1 aliphatic heterocycles. The highest BCUT2D eigenvalue weighted by atomic mass is 16.7. The molecule has 2 aliphatic rings. The minimum Gasteiger partial charge on any atom is -0.454 e. The molecule has 0 N–H and O–H groups in total. The molecule has 1 fully saturated rings. The number of benzene rings is 1. The molecule has 0 radical (unpaired) electrons. The maximum Gasteiger partial charge on any atom is 0.231 e. The molecule has 0 aromatic heterocycles. The lowest BCUT2D eigenvalue weighted by Crippen LogP contribution is -2.15. The summed E-state index contributed by atoms with van der Waals surface area (Å²) in [5, 5.41) is 0. The van der Waals surface area contributed by atoms with E-state index in [0.29, 0.717) is 6.79 Å². The monoisotopic (exact) mass is 258 g/mol. The second-order valence-corrected chi connectivity index (χ2v) is 6.15. The van der Waals surface area contributed by atoms with Crippen LogP contribution in [0.4, 0.5) is 0 Å². The van der Waals surface area contributed by atoms with Crippen molar-refractivity contribution in [1.82, 2.24) is 0 Å². The maximum atomic E-state index is 5.48. The molecule has 0 atom stereocenters. The van der Waals surface area contributed by atoms with Crippen LogP contribution >= 0.6 is 0 Å². The van der Waals surface area contributed by atoms with Gasteiger partial charge in [0.25, 0.3) is 0 Å². The van der Waals surface area contributed by atoms with E-state index in [1.807, 2.05) is 6.07 Å². The van der Waals surface area contributed by atoms with Crippen LogP contribution in [-0.4, -0.2) is 6.79 Å². The first-order chi connectivity index (χ1) is 9.15. The van der Waals surface area contributed by atoms with Crippen LogP contribution in [0.3, 0.4) is 0 Å². The van der Waals surface area contributed by atoms with E-state index in [2.05, 4.69) is 32.1 Å². The van der Waals surface area contributed by atoms with E-state index in [0.717, 1.165) is 11.5 Å². The second-order valence-electron chi connectivity index (χ2n) is 6.15. The van der Waals surface area contributed by atoms with Gasteiger partial charge < -0.3 is 9.47 Å². The first-order valence-electron chi connectivity index (χ1n) is 7.26. The topological polar surface area (TPSA) is 18.5 Å². The highest BCUT2D eigenvalue weighted by Crippen LogP contribution is 2.38. The van der Waals surface area contributed by atoms with Gasteiger partial charge >= 0.3 is 0 Å². The average molecular weight is 258 g/mol. The highest BCUT2D eigenvalue weighted by Gasteiger charge is 2.23. The van der Waals surface area contributed by atoms with Crippen molar-refractivity contribution < 1.29 is 9.47 Å². The van der Waals surface area contributed by atoms with Crippen LogP contribution in [0.2, 0.25) is 0 Å². The third-order valence-electron chi connectivity index (χ3n) is 4.18. The van der Waals surface area contributed by atoms with E-state index in [1.54, 1.807) is 5.57 Å². The molecule has 0 bridgehead atoms. The van der Waals surface area contributed by atoms with Crippen molar-refractivity contribution in [2.24, 2.45) is 0 Å². The fourth-order valence-electron chi connectivity index (χ4n) is 3.04. The van der Waals surface area contributed by atoms with Gasteiger partial charge in [0.05, 0.1) is 0 Å². The Morgan fingerprint density at radius 2 is 1.74 bits per heavy atom. The summed E-state index contributed by atoms with van der Waals surface area (Å²) >= 11 is 0. The summed E-state index contributed by atoms with van der Waals surface area (Å²) in [5.74, 6) is 1.75. The van der Waals surface area contributed by atoms with Gasteiger partial charge in [-0.2, -0.15) is 0 Å². The average Bonchev–Trinajstić information content (AvgIpc) is 2.86. The molecule has 0 saturated heterocycles. The van der Waals surface area contributed by atoms with Gasteiger partial charge in [-0.3, -0.25) is 0 Å². The van der Waals surface area contributed by atoms with Crippen LogP contribution in [-0.2, 0) is 5.41 Å². The molecule has 1 aromatic carbocycles. The van der Waals surface area contributed by atoms with Crippen molar-refractivity contribution in [3.8, 4) is 11.5 Å². The standard InChI is InChI=1S/C17H22O2/c1-17(2,11-13-6-4-3-5-7-13)14-8-9-15-16(10-14)19-12-18-15/h8-11H,3-7,12H2,1-2H3. The summed E-state index contributed by atoms with van der Waals surface area (Å²) < 4.78 is 10.9. The Hall–Kier alpha value is -1.44. The van der Waals surface area contributed by atoms with Gasteiger partial charge in [0.2, 0.25) is 6.79 Å². The number of fused-ring (bicyclic) bond motifs is 1. The predicted octanol–water partition coefficient (Wildman–Crippen LogP) is 4.58. The first-order valence-corrected chi connectivity index (χ1v) is 7.26. The van der Waals surface area contributed by atoms with Gasteiger partial charge in [-0.15, -0.1) is 0 Å². The van der Waals surface area contributed by atoms with Crippen LogP contribution in [0.25, 0.3) is 0 Å². The van der Waals surface area contributed by atoms with Crippen LogP contribution in [0.5, 0.6) is 11.5 Å². The molecule has 19 heavy (non-hydrogen) atoms. The molecule has 3 rings (SSSR count). The molecule has 2 nitrogen and oxygen atoms in total. The lowest BCUT2D eigenvalue weighted by Gasteiger charge is -2.25. The number of hydrogen-bond donors (Lipinski definition) is 0. The van der Waals surface area contributed by atoms with Crippen molar-refractivity contribution in [1.29, 1.82) is 0 Å². The maximum absolute atomic E-state index is 5.48. The van der Waals surface area contributed by atoms with E-state index in [1.165, 1.54) is 37.7 Å². The summed E-state index contributed by atoms with van der Waals surface area (Å²) in [4.78, 5) is 0. The second kappa shape index (κ2) is 4.92. The molecule has 1 aliphatic carbocycles. The molecular formula is C17H22O2. The molecule has 0 spiro atoms. The lowest BCUT2D eigenvalue weighted by molar-refractivity contribution is 0.174. The minimum atomic E-state index is 0.0631. The Kier molecular flexibility index (Phi) is 3.26. The largest absolute Gasteiger partial charge is 0.454 e.